The number of rotatable bonds is 4. The normalized spacial score (nSPS) is 10.5. The Morgan fingerprint density at radius 2 is 1.54 bits per heavy atom. The van der Waals surface area contributed by atoms with E-state index < -0.39 is 9.85 Å². The molecule has 6 nitrogen and oxygen atoms in total. The van der Waals surface area contributed by atoms with Crippen molar-refractivity contribution in [1.29, 1.82) is 0 Å². The van der Waals surface area contributed by atoms with Gasteiger partial charge in [-0.15, -0.1) is 0 Å². The zero-order valence-corrected chi connectivity index (χ0v) is 12.5. The minimum atomic E-state index is -0.655. The van der Waals surface area contributed by atoms with E-state index in [0.29, 0.717) is 5.57 Å². The second kappa shape index (κ2) is 5.92. The summed E-state index contributed by atoms with van der Waals surface area (Å²) in [6.45, 7) is 3.99. The molecule has 0 amide bonds. The molecule has 0 N–H and O–H groups in total. The van der Waals surface area contributed by atoms with Crippen molar-refractivity contribution in [3.8, 4) is 0 Å². The SMILES string of the molecule is C=C(c1ccc([N+](=O)[O-])cc1[N+](=O)[O-])c1cccc2ccccc12. The molecule has 0 aliphatic carbocycles. The summed E-state index contributed by atoms with van der Waals surface area (Å²) in [6, 6.07) is 16.8. The molecule has 0 spiro atoms. The second-order valence-corrected chi connectivity index (χ2v) is 5.22. The summed E-state index contributed by atoms with van der Waals surface area (Å²) in [5.74, 6) is 0. The standard InChI is InChI=1S/C18H12N2O4/c1-12(15-8-4-6-13-5-2-3-7-17(13)15)16-10-9-14(19(21)22)11-18(16)20(23)24/h2-11H,1H2. The summed E-state index contributed by atoms with van der Waals surface area (Å²) >= 11 is 0. The van der Waals surface area contributed by atoms with Gasteiger partial charge in [-0.25, -0.2) is 0 Å². The summed E-state index contributed by atoms with van der Waals surface area (Å²) in [4.78, 5) is 20.9. The third-order valence-electron chi connectivity index (χ3n) is 3.83. The highest BCUT2D eigenvalue weighted by atomic mass is 16.6. The maximum atomic E-state index is 11.3. The van der Waals surface area contributed by atoms with Gasteiger partial charge in [-0.1, -0.05) is 49.0 Å². The van der Waals surface area contributed by atoms with Crippen molar-refractivity contribution in [1.82, 2.24) is 0 Å². The number of non-ortho nitro benzene ring substituents is 1. The molecule has 0 aliphatic rings. The zero-order chi connectivity index (χ0) is 17.3. The molecule has 0 aromatic heterocycles. The predicted octanol–water partition coefficient (Wildman–Crippen LogP) is 4.72. The topological polar surface area (TPSA) is 86.3 Å². The first-order valence-electron chi connectivity index (χ1n) is 7.09. The Bertz CT molecular complexity index is 990. The lowest BCUT2D eigenvalue weighted by Gasteiger charge is -2.10. The van der Waals surface area contributed by atoms with Crippen molar-refractivity contribution in [2.75, 3.05) is 0 Å². The summed E-state index contributed by atoms with van der Waals surface area (Å²) in [7, 11) is 0. The van der Waals surface area contributed by atoms with Gasteiger partial charge in [0.15, 0.2) is 0 Å². The molecule has 24 heavy (non-hydrogen) atoms. The van der Waals surface area contributed by atoms with Gasteiger partial charge in [-0.3, -0.25) is 20.2 Å². The van der Waals surface area contributed by atoms with Crippen LogP contribution in [0.25, 0.3) is 16.3 Å². The zero-order valence-electron chi connectivity index (χ0n) is 12.5. The van der Waals surface area contributed by atoms with Crippen LogP contribution in [-0.4, -0.2) is 9.85 Å². The van der Waals surface area contributed by atoms with E-state index in [9.17, 15) is 20.2 Å². The van der Waals surface area contributed by atoms with Crippen molar-refractivity contribution >= 4 is 27.7 Å². The van der Waals surface area contributed by atoms with E-state index in [4.69, 9.17) is 0 Å². The molecule has 0 aliphatic heterocycles. The van der Waals surface area contributed by atoms with Crippen LogP contribution in [-0.2, 0) is 0 Å². The molecule has 0 unspecified atom stereocenters. The van der Waals surface area contributed by atoms with Gasteiger partial charge in [0.2, 0.25) is 0 Å². The van der Waals surface area contributed by atoms with Crippen molar-refractivity contribution in [3.05, 3.63) is 98.6 Å². The summed E-state index contributed by atoms with van der Waals surface area (Å²) in [6.07, 6.45) is 0. The van der Waals surface area contributed by atoms with Crippen LogP contribution >= 0.6 is 0 Å². The highest BCUT2D eigenvalue weighted by molar-refractivity contribution is 5.98. The van der Waals surface area contributed by atoms with Crippen LogP contribution in [0.1, 0.15) is 11.1 Å². The Hall–Kier alpha value is -3.54. The fourth-order valence-corrected chi connectivity index (χ4v) is 2.67. The van der Waals surface area contributed by atoms with E-state index in [2.05, 4.69) is 6.58 Å². The molecule has 0 bridgehead atoms. The number of nitro groups is 2. The van der Waals surface area contributed by atoms with Gasteiger partial charge in [0.1, 0.15) is 0 Å². The summed E-state index contributed by atoms with van der Waals surface area (Å²) in [5, 5.41) is 24.1. The van der Waals surface area contributed by atoms with Gasteiger partial charge in [-0.05, 0) is 28.0 Å². The average molecular weight is 320 g/mol. The molecule has 0 atom stereocenters. The molecule has 0 saturated carbocycles. The highest BCUT2D eigenvalue weighted by Gasteiger charge is 2.22. The van der Waals surface area contributed by atoms with Crippen LogP contribution in [0.2, 0.25) is 0 Å². The van der Waals surface area contributed by atoms with E-state index in [0.717, 1.165) is 22.4 Å². The third-order valence-corrected chi connectivity index (χ3v) is 3.83. The molecule has 0 heterocycles. The van der Waals surface area contributed by atoms with Crippen molar-refractivity contribution < 1.29 is 9.85 Å². The van der Waals surface area contributed by atoms with Crippen LogP contribution < -0.4 is 0 Å². The summed E-state index contributed by atoms with van der Waals surface area (Å²) in [5.41, 5.74) is 0.818. The number of nitrogens with zero attached hydrogens (tertiary/aromatic N) is 2. The minimum absolute atomic E-state index is 0.266. The first-order valence-corrected chi connectivity index (χ1v) is 7.09. The minimum Gasteiger partial charge on any atom is -0.258 e. The number of hydrogen-bond acceptors (Lipinski definition) is 4. The Labute approximate surface area is 137 Å². The van der Waals surface area contributed by atoms with E-state index in [-0.39, 0.29) is 16.9 Å². The van der Waals surface area contributed by atoms with Crippen molar-refractivity contribution in [2.24, 2.45) is 0 Å². The van der Waals surface area contributed by atoms with Gasteiger partial charge < -0.3 is 0 Å². The molecule has 0 radical (unpaired) electrons. The fraction of sp³-hybridized carbons (Fsp3) is 0. The molecular weight excluding hydrogens is 308 g/mol. The Kier molecular flexibility index (Phi) is 3.79. The molecule has 3 aromatic rings. The van der Waals surface area contributed by atoms with Crippen molar-refractivity contribution in [3.63, 3.8) is 0 Å². The van der Waals surface area contributed by atoms with Gasteiger partial charge in [0, 0.05) is 6.07 Å². The van der Waals surface area contributed by atoms with E-state index in [1.165, 1.54) is 12.1 Å². The molecule has 118 valence electrons. The first-order chi connectivity index (χ1) is 11.5. The fourth-order valence-electron chi connectivity index (χ4n) is 2.67. The lowest BCUT2D eigenvalue weighted by molar-refractivity contribution is -0.394. The van der Waals surface area contributed by atoms with Crippen LogP contribution in [0, 0.1) is 20.2 Å². The quantitative estimate of drug-likeness (QED) is 0.514. The Morgan fingerprint density at radius 3 is 2.25 bits per heavy atom. The maximum absolute atomic E-state index is 11.3. The number of benzene rings is 3. The molecule has 3 aromatic carbocycles. The molecule has 0 fully saturated rings. The van der Waals surface area contributed by atoms with Gasteiger partial charge >= 0.3 is 0 Å². The van der Waals surface area contributed by atoms with Crippen LogP contribution in [0.5, 0.6) is 0 Å². The Morgan fingerprint density at radius 1 is 0.833 bits per heavy atom. The number of fused-ring (bicyclic) bond motifs is 1. The summed E-state index contributed by atoms with van der Waals surface area (Å²) < 4.78 is 0. The number of nitro benzene ring substituents is 2. The molecule has 0 saturated heterocycles. The largest absolute Gasteiger partial charge is 0.284 e. The molecule has 3 rings (SSSR count). The van der Waals surface area contributed by atoms with Crippen LogP contribution in [0.3, 0.4) is 0 Å². The average Bonchev–Trinajstić information content (AvgIpc) is 2.60. The third kappa shape index (κ3) is 2.61. The highest BCUT2D eigenvalue weighted by Crippen LogP contribution is 2.35. The first kappa shape index (κ1) is 15.4. The van der Waals surface area contributed by atoms with E-state index in [1.807, 2.05) is 42.5 Å². The predicted molar refractivity (Wildman–Crippen MR) is 91.8 cm³/mol. The van der Waals surface area contributed by atoms with Crippen LogP contribution in [0.15, 0.2) is 67.2 Å². The van der Waals surface area contributed by atoms with E-state index >= 15 is 0 Å². The smallest absolute Gasteiger partial charge is 0.258 e. The van der Waals surface area contributed by atoms with Gasteiger partial charge in [-0.2, -0.15) is 0 Å². The maximum Gasteiger partial charge on any atom is 0.284 e. The van der Waals surface area contributed by atoms with Crippen molar-refractivity contribution in [2.45, 2.75) is 0 Å². The van der Waals surface area contributed by atoms with E-state index in [1.54, 1.807) is 0 Å². The number of hydrogen-bond donors (Lipinski definition) is 0. The molecule has 6 heteroatoms. The van der Waals surface area contributed by atoms with Crippen LogP contribution in [0.4, 0.5) is 11.4 Å². The Balaban J connectivity index is 2.19. The van der Waals surface area contributed by atoms with Gasteiger partial charge in [0.05, 0.1) is 21.5 Å². The lowest BCUT2D eigenvalue weighted by atomic mass is 9.93. The molecular formula is C18H12N2O4. The second-order valence-electron chi connectivity index (χ2n) is 5.22. The van der Waals surface area contributed by atoms with Gasteiger partial charge in [0.25, 0.3) is 11.4 Å². The lowest BCUT2D eigenvalue weighted by Crippen LogP contribution is -1.98. The monoisotopic (exact) mass is 320 g/mol.